The van der Waals surface area contributed by atoms with E-state index in [0.29, 0.717) is 0 Å². The van der Waals surface area contributed by atoms with Crippen LogP contribution in [0.1, 0.15) is 78.6 Å². The molecule has 0 aliphatic rings. The fourth-order valence-electron chi connectivity index (χ4n) is 1.99. The summed E-state index contributed by atoms with van der Waals surface area (Å²) in [5.74, 6) is 0.932. The maximum Gasteiger partial charge on any atom is -0.0322 e. The predicted molar refractivity (Wildman–Crippen MR) is 71.2 cm³/mol. The zero-order valence-corrected chi connectivity index (χ0v) is 11.1. The van der Waals surface area contributed by atoms with Crippen molar-refractivity contribution < 1.29 is 0 Å². The molecule has 0 nitrogen and oxygen atoms in total. The van der Waals surface area contributed by atoms with Gasteiger partial charge in [0.15, 0.2) is 0 Å². The van der Waals surface area contributed by atoms with Gasteiger partial charge in [-0.05, 0) is 25.2 Å². The summed E-state index contributed by atoms with van der Waals surface area (Å²) >= 11 is 0. The number of unbranched alkanes of at least 4 members (excludes halogenated alkanes) is 4. The molecule has 0 saturated heterocycles. The molecule has 0 spiro atoms. The molecule has 0 radical (unpaired) electrons. The van der Waals surface area contributed by atoms with Gasteiger partial charge >= 0.3 is 0 Å². The van der Waals surface area contributed by atoms with Gasteiger partial charge in [-0.3, -0.25) is 0 Å². The van der Waals surface area contributed by atoms with Crippen LogP contribution in [-0.4, -0.2) is 0 Å². The molecule has 1 atom stereocenters. The van der Waals surface area contributed by atoms with Crippen LogP contribution in [0, 0.1) is 5.92 Å². The van der Waals surface area contributed by atoms with Crippen molar-refractivity contribution in [2.24, 2.45) is 5.92 Å². The second-order valence-electron chi connectivity index (χ2n) is 4.62. The lowest BCUT2D eigenvalue weighted by Crippen LogP contribution is -1.95. The van der Waals surface area contributed by atoms with Crippen LogP contribution in [0.3, 0.4) is 0 Å². The summed E-state index contributed by atoms with van der Waals surface area (Å²) in [6.45, 7) is 6.87. The van der Waals surface area contributed by atoms with Crippen molar-refractivity contribution in [2.75, 3.05) is 0 Å². The van der Waals surface area contributed by atoms with Crippen LogP contribution in [0.25, 0.3) is 0 Å². The van der Waals surface area contributed by atoms with Crippen molar-refractivity contribution in [3.05, 3.63) is 12.2 Å². The number of allylic oxidation sites excluding steroid dienone is 2. The van der Waals surface area contributed by atoms with E-state index in [2.05, 4.69) is 32.9 Å². The average Bonchev–Trinajstić information content (AvgIpc) is 2.26. The topological polar surface area (TPSA) is 0 Å². The molecule has 0 heteroatoms. The second kappa shape index (κ2) is 11.8. The van der Waals surface area contributed by atoms with Crippen LogP contribution in [0.2, 0.25) is 0 Å². The minimum Gasteiger partial charge on any atom is -0.0885 e. The van der Waals surface area contributed by atoms with E-state index in [-0.39, 0.29) is 0 Å². The molecular weight excluding hydrogens is 180 g/mol. The highest BCUT2D eigenvalue weighted by atomic mass is 14.1. The Balaban J connectivity index is 3.34. The Kier molecular flexibility index (Phi) is 11.6. The molecule has 0 rings (SSSR count). The molecule has 0 fully saturated rings. The summed E-state index contributed by atoms with van der Waals surface area (Å²) in [6, 6.07) is 0. The summed E-state index contributed by atoms with van der Waals surface area (Å²) in [5.41, 5.74) is 0. The van der Waals surface area contributed by atoms with Gasteiger partial charge in [-0.2, -0.15) is 0 Å². The first-order valence-electron chi connectivity index (χ1n) is 7.00. The van der Waals surface area contributed by atoms with E-state index in [1.165, 1.54) is 57.8 Å². The Morgan fingerprint density at radius 2 is 1.67 bits per heavy atom. The molecule has 0 bridgehead atoms. The third-order valence-electron chi connectivity index (χ3n) is 3.13. The summed E-state index contributed by atoms with van der Waals surface area (Å²) < 4.78 is 0. The Morgan fingerprint density at radius 3 is 2.27 bits per heavy atom. The standard InChI is InChI=1S/C15H30/c1-4-7-8-9-10-11-12-14-15(6-3)13-5-2/h11-12,15H,4-10,13-14H2,1-3H3/b12-11+. The molecule has 0 N–H and O–H groups in total. The molecule has 0 aliphatic heterocycles. The predicted octanol–water partition coefficient (Wildman–Crippen LogP) is 5.73. The highest BCUT2D eigenvalue weighted by Crippen LogP contribution is 2.15. The summed E-state index contributed by atoms with van der Waals surface area (Å²) in [4.78, 5) is 0. The van der Waals surface area contributed by atoms with Crippen molar-refractivity contribution in [1.29, 1.82) is 0 Å². The molecule has 0 aromatic rings. The maximum absolute atomic E-state index is 2.41. The SMILES string of the molecule is CCCCCC/C=C/CC(CC)CCC. The third-order valence-corrected chi connectivity index (χ3v) is 3.13. The van der Waals surface area contributed by atoms with Crippen LogP contribution in [-0.2, 0) is 0 Å². The molecule has 0 saturated carbocycles. The molecule has 0 aromatic carbocycles. The average molecular weight is 210 g/mol. The van der Waals surface area contributed by atoms with Crippen LogP contribution in [0.15, 0.2) is 12.2 Å². The molecule has 15 heavy (non-hydrogen) atoms. The molecule has 0 aromatic heterocycles. The minimum atomic E-state index is 0.932. The monoisotopic (exact) mass is 210 g/mol. The van der Waals surface area contributed by atoms with Gasteiger partial charge in [0.25, 0.3) is 0 Å². The zero-order chi connectivity index (χ0) is 11.4. The van der Waals surface area contributed by atoms with Gasteiger partial charge < -0.3 is 0 Å². The van der Waals surface area contributed by atoms with Crippen molar-refractivity contribution in [2.45, 2.75) is 78.6 Å². The van der Waals surface area contributed by atoms with E-state index < -0.39 is 0 Å². The van der Waals surface area contributed by atoms with Gasteiger partial charge in [0.1, 0.15) is 0 Å². The lowest BCUT2D eigenvalue weighted by Gasteiger charge is -2.09. The summed E-state index contributed by atoms with van der Waals surface area (Å²) in [6.07, 6.45) is 17.0. The molecule has 0 amide bonds. The van der Waals surface area contributed by atoms with Gasteiger partial charge in [0.2, 0.25) is 0 Å². The zero-order valence-electron chi connectivity index (χ0n) is 11.1. The third kappa shape index (κ3) is 10.0. The fraction of sp³-hybridized carbons (Fsp3) is 0.867. The van der Waals surface area contributed by atoms with Crippen molar-refractivity contribution in [3.63, 3.8) is 0 Å². The van der Waals surface area contributed by atoms with Crippen molar-refractivity contribution in [3.8, 4) is 0 Å². The van der Waals surface area contributed by atoms with Crippen LogP contribution in [0.5, 0.6) is 0 Å². The van der Waals surface area contributed by atoms with Gasteiger partial charge in [-0.15, -0.1) is 0 Å². The van der Waals surface area contributed by atoms with Crippen molar-refractivity contribution >= 4 is 0 Å². The van der Waals surface area contributed by atoms with Gasteiger partial charge in [0.05, 0.1) is 0 Å². The molecule has 0 aliphatic carbocycles. The molecule has 0 heterocycles. The van der Waals surface area contributed by atoms with Gasteiger partial charge in [0, 0.05) is 0 Å². The van der Waals surface area contributed by atoms with Gasteiger partial charge in [-0.1, -0.05) is 71.4 Å². The Hall–Kier alpha value is -0.260. The smallest absolute Gasteiger partial charge is 0.0322 e. The Labute approximate surface area is 97.2 Å². The van der Waals surface area contributed by atoms with E-state index in [9.17, 15) is 0 Å². The maximum atomic E-state index is 2.41. The first-order valence-corrected chi connectivity index (χ1v) is 7.00. The highest BCUT2D eigenvalue weighted by molar-refractivity contribution is 4.83. The normalized spacial score (nSPS) is 13.5. The van der Waals surface area contributed by atoms with E-state index in [0.717, 1.165) is 5.92 Å². The second-order valence-corrected chi connectivity index (χ2v) is 4.62. The molecule has 90 valence electrons. The van der Waals surface area contributed by atoms with Gasteiger partial charge in [-0.25, -0.2) is 0 Å². The van der Waals surface area contributed by atoms with Crippen LogP contribution in [0.4, 0.5) is 0 Å². The number of hydrogen-bond donors (Lipinski definition) is 0. The summed E-state index contributed by atoms with van der Waals surface area (Å²) in [7, 11) is 0. The van der Waals surface area contributed by atoms with Crippen molar-refractivity contribution in [1.82, 2.24) is 0 Å². The Morgan fingerprint density at radius 1 is 0.867 bits per heavy atom. The lowest BCUT2D eigenvalue weighted by molar-refractivity contribution is 0.470. The largest absolute Gasteiger partial charge is 0.0885 e. The minimum absolute atomic E-state index is 0.932. The number of rotatable bonds is 10. The summed E-state index contributed by atoms with van der Waals surface area (Å²) in [5, 5.41) is 0. The number of hydrogen-bond acceptors (Lipinski definition) is 0. The molecule has 1 unspecified atom stereocenters. The quantitative estimate of drug-likeness (QED) is 0.319. The van der Waals surface area contributed by atoms with Crippen LogP contribution >= 0.6 is 0 Å². The first-order chi connectivity index (χ1) is 7.35. The van der Waals surface area contributed by atoms with E-state index >= 15 is 0 Å². The highest BCUT2D eigenvalue weighted by Gasteiger charge is 2.01. The van der Waals surface area contributed by atoms with E-state index in [1.807, 2.05) is 0 Å². The fourth-order valence-corrected chi connectivity index (χ4v) is 1.99. The van der Waals surface area contributed by atoms with E-state index in [4.69, 9.17) is 0 Å². The lowest BCUT2D eigenvalue weighted by atomic mass is 9.97. The van der Waals surface area contributed by atoms with E-state index in [1.54, 1.807) is 0 Å². The Bertz CT molecular complexity index is 135. The molecular formula is C15H30. The first kappa shape index (κ1) is 14.7. The van der Waals surface area contributed by atoms with Crippen LogP contribution < -0.4 is 0 Å².